The van der Waals surface area contributed by atoms with E-state index in [1.165, 1.54) is 12.1 Å². The molecule has 0 heterocycles. The molecule has 5 N–H and O–H groups in total. The van der Waals surface area contributed by atoms with Crippen LogP contribution in [0.2, 0.25) is 0 Å². The zero-order valence-electron chi connectivity index (χ0n) is 11.3. The Labute approximate surface area is 111 Å². The molecule has 6 nitrogen and oxygen atoms in total. The molecular weight excluding hydrogens is 246 g/mol. The first kappa shape index (κ1) is 14.8. The average Bonchev–Trinajstić information content (AvgIpc) is 2.38. The van der Waals surface area contributed by atoms with Gasteiger partial charge in [0.1, 0.15) is 11.6 Å². The molecule has 0 aliphatic rings. The molecule has 0 saturated carbocycles. The summed E-state index contributed by atoms with van der Waals surface area (Å²) in [4.78, 5) is 11.9. The Hall–Kier alpha value is -2.24. The summed E-state index contributed by atoms with van der Waals surface area (Å²) in [5.41, 5.74) is 5.97. The molecule has 0 saturated heterocycles. The average molecular weight is 265 g/mol. The Morgan fingerprint density at radius 1 is 1.47 bits per heavy atom. The molecule has 0 bridgehead atoms. The number of phenolic OH excluding ortho intramolecular Hbond substituents is 1. The van der Waals surface area contributed by atoms with Crippen molar-refractivity contribution in [2.75, 3.05) is 6.54 Å². The Morgan fingerprint density at radius 2 is 2.11 bits per heavy atom. The predicted octanol–water partition coefficient (Wildman–Crippen LogP) is 1.20. The molecule has 1 aromatic carbocycles. The van der Waals surface area contributed by atoms with Gasteiger partial charge in [0.2, 0.25) is 0 Å². The lowest BCUT2D eigenvalue weighted by atomic mass is 9.92. The molecule has 1 rings (SSSR count). The van der Waals surface area contributed by atoms with Crippen LogP contribution in [0.5, 0.6) is 5.75 Å². The minimum absolute atomic E-state index is 0.0506. The summed E-state index contributed by atoms with van der Waals surface area (Å²) in [7, 11) is 0. The summed E-state index contributed by atoms with van der Waals surface area (Å²) < 4.78 is 0. The van der Waals surface area contributed by atoms with Crippen molar-refractivity contribution in [2.24, 2.45) is 16.3 Å². The fraction of sp³-hybridized carbons (Fsp3) is 0.385. The van der Waals surface area contributed by atoms with Crippen molar-refractivity contribution in [1.82, 2.24) is 5.32 Å². The van der Waals surface area contributed by atoms with Gasteiger partial charge >= 0.3 is 0 Å². The predicted molar refractivity (Wildman–Crippen MR) is 72.4 cm³/mol. The Balaban J connectivity index is 2.73. The maximum Gasteiger partial charge on any atom is 0.251 e. The number of amidine groups is 1. The third-order valence-electron chi connectivity index (χ3n) is 2.95. The Morgan fingerprint density at radius 3 is 2.63 bits per heavy atom. The number of oxime groups is 1. The highest BCUT2D eigenvalue weighted by Gasteiger charge is 2.24. The van der Waals surface area contributed by atoms with Crippen LogP contribution in [0.4, 0.5) is 0 Å². The molecular formula is C13H19N3O3. The van der Waals surface area contributed by atoms with Crippen molar-refractivity contribution in [1.29, 1.82) is 0 Å². The molecule has 104 valence electrons. The number of nitrogens with two attached hydrogens (primary N) is 1. The van der Waals surface area contributed by atoms with Crippen LogP contribution in [-0.2, 0) is 0 Å². The Kier molecular flexibility index (Phi) is 4.37. The lowest BCUT2D eigenvalue weighted by Gasteiger charge is -2.23. The van der Waals surface area contributed by atoms with Crippen LogP contribution in [0.25, 0.3) is 0 Å². The number of phenols is 1. The number of hydrogen-bond donors (Lipinski definition) is 4. The minimum Gasteiger partial charge on any atom is -0.508 e. The van der Waals surface area contributed by atoms with Gasteiger partial charge < -0.3 is 21.4 Å². The van der Waals surface area contributed by atoms with Gasteiger partial charge in [0.25, 0.3) is 5.91 Å². The number of carbonyl (C=O) groups excluding carboxylic acids is 1. The monoisotopic (exact) mass is 265 g/mol. The number of aromatic hydroxyl groups is 1. The summed E-state index contributed by atoms with van der Waals surface area (Å²) in [6, 6.07) is 4.61. The largest absolute Gasteiger partial charge is 0.508 e. The van der Waals surface area contributed by atoms with Gasteiger partial charge in [-0.3, -0.25) is 4.79 Å². The van der Waals surface area contributed by atoms with Gasteiger partial charge in [-0.15, -0.1) is 0 Å². The summed E-state index contributed by atoms with van der Waals surface area (Å²) >= 11 is 0. The topological polar surface area (TPSA) is 108 Å². The number of aryl methyl sites for hydroxylation is 1. The Bertz CT molecular complexity index is 510. The first-order valence-electron chi connectivity index (χ1n) is 5.84. The van der Waals surface area contributed by atoms with E-state index in [1.54, 1.807) is 26.8 Å². The van der Waals surface area contributed by atoms with Gasteiger partial charge in [-0.2, -0.15) is 0 Å². The van der Waals surface area contributed by atoms with Crippen LogP contribution in [-0.4, -0.2) is 28.6 Å². The van der Waals surface area contributed by atoms with Crippen molar-refractivity contribution in [2.45, 2.75) is 20.8 Å². The third-order valence-corrected chi connectivity index (χ3v) is 2.95. The number of rotatable bonds is 4. The fourth-order valence-electron chi connectivity index (χ4n) is 1.43. The van der Waals surface area contributed by atoms with Gasteiger partial charge in [-0.1, -0.05) is 19.0 Å². The lowest BCUT2D eigenvalue weighted by molar-refractivity contribution is 0.0944. The molecule has 0 unspecified atom stereocenters. The molecule has 0 aromatic heterocycles. The third kappa shape index (κ3) is 3.61. The van der Waals surface area contributed by atoms with Crippen LogP contribution in [0.15, 0.2) is 23.4 Å². The van der Waals surface area contributed by atoms with Gasteiger partial charge in [0, 0.05) is 17.5 Å². The normalized spacial score (nSPS) is 12.3. The number of amides is 1. The second-order valence-corrected chi connectivity index (χ2v) is 5.05. The van der Waals surface area contributed by atoms with Crippen molar-refractivity contribution in [3.05, 3.63) is 29.3 Å². The van der Waals surface area contributed by atoms with Crippen molar-refractivity contribution < 1.29 is 15.1 Å². The number of nitrogens with one attached hydrogen (secondary N) is 1. The smallest absolute Gasteiger partial charge is 0.251 e. The number of nitrogens with zero attached hydrogens (tertiary/aromatic N) is 1. The van der Waals surface area contributed by atoms with Crippen molar-refractivity contribution in [3.63, 3.8) is 0 Å². The highest BCUT2D eigenvalue weighted by atomic mass is 16.4. The number of benzene rings is 1. The van der Waals surface area contributed by atoms with E-state index >= 15 is 0 Å². The van der Waals surface area contributed by atoms with Crippen LogP contribution >= 0.6 is 0 Å². The standard InChI is InChI=1S/C13H19N3O3/c1-8-6-9(4-5-10(8)17)11(18)15-7-13(2,3)12(14)16-19/h4-6,17,19H,7H2,1-3H3,(H2,14,16)(H,15,18). The second-order valence-electron chi connectivity index (χ2n) is 5.05. The quantitative estimate of drug-likeness (QED) is 0.284. The summed E-state index contributed by atoms with van der Waals surface area (Å²) in [5, 5.41) is 23.7. The van der Waals surface area contributed by atoms with Crippen LogP contribution in [0.3, 0.4) is 0 Å². The molecule has 0 radical (unpaired) electrons. The molecule has 19 heavy (non-hydrogen) atoms. The minimum atomic E-state index is -0.642. The van der Waals surface area contributed by atoms with E-state index in [-0.39, 0.29) is 24.0 Å². The zero-order chi connectivity index (χ0) is 14.6. The molecule has 1 aromatic rings. The van der Waals surface area contributed by atoms with Gasteiger partial charge in [-0.05, 0) is 30.7 Å². The first-order chi connectivity index (χ1) is 8.77. The molecule has 0 atom stereocenters. The van der Waals surface area contributed by atoms with Crippen molar-refractivity contribution in [3.8, 4) is 5.75 Å². The van der Waals surface area contributed by atoms with Gasteiger partial charge in [0.15, 0.2) is 0 Å². The van der Waals surface area contributed by atoms with E-state index in [0.29, 0.717) is 11.1 Å². The van der Waals surface area contributed by atoms with Gasteiger partial charge in [-0.25, -0.2) is 0 Å². The van der Waals surface area contributed by atoms with Crippen LogP contribution in [0.1, 0.15) is 29.8 Å². The molecule has 0 fully saturated rings. The molecule has 0 aliphatic heterocycles. The van der Waals surface area contributed by atoms with Crippen molar-refractivity contribution >= 4 is 11.7 Å². The van der Waals surface area contributed by atoms with E-state index in [1.807, 2.05) is 0 Å². The fourth-order valence-corrected chi connectivity index (χ4v) is 1.43. The van der Waals surface area contributed by atoms with E-state index in [9.17, 15) is 9.90 Å². The number of carbonyl (C=O) groups is 1. The summed E-state index contributed by atoms with van der Waals surface area (Å²) in [6.45, 7) is 5.46. The summed E-state index contributed by atoms with van der Waals surface area (Å²) in [5.74, 6) is -0.0786. The summed E-state index contributed by atoms with van der Waals surface area (Å²) in [6.07, 6.45) is 0. The maximum atomic E-state index is 11.9. The van der Waals surface area contributed by atoms with E-state index < -0.39 is 5.41 Å². The second kappa shape index (κ2) is 5.60. The highest BCUT2D eigenvalue weighted by Crippen LogP contribution is 2.18. The zero-order valence-corrected chi connectivity index (χ0v) is 11.3. The van der Waals surface area contributed by atoms with E-state index in [2.05, 4.69) is 10.5 Å². The molecule has 6 heteroatoms. The molecule has 1 amide bonds. The van der Waals surface area contributed by atoms with E-state index in [0.717, 1.165) is 0 Å². The van der Waals surface area contributed by atoms with Gasteiger partial charge in [0.05, 0.1) is 0 Å². The van der Waals surface area contributed by atoms with Crippen LogP contribution < -0.4 is 11.1 Å². The molecule has 0 aliphatic carbocycles. The first-order valence-corrected chi connectivity index (χ1v) is 5.84. The highest BCUT2D eigenvalue weighted by molar-refractivity contribution is 5.95. The number of hydrogen-bond acceptors (Lipinski definition) is 4. The molecule has 0 spiro atoms. The maximum absolute atomic E-state index is 11.9. The SMILES string of the molecule is Cc1cc(C(=O)NCC(C)(C)/C(N)=N/O)ccc1O. The lowest BCUT2D eigenvalue weighted by Crippen LogP contribution is -2.42. The van der Waals surface area contributed by atoms with E-state index in [4.69, 9.17) is 10.9 Å². The van der Waals surface area contributed by atoms with Crippen LogP contribution in [0, 0.1) is 12.3 Å².